The fraction of sp³-hybridized carbons (Fsp3) is 0.304. The zero-order chi connectivity index (χ0) is 21.7. The second-order valence-corrected chi connectivity index (χ2v) is 7.59. The molecule has 1 aromatic heterocycles. The van der Waals surface area contributed by atoms with Crippen molar-refractivity contribution in [2.75, 3.05) is 13.7 Å². The Morgan fingerprint density at radius 1 is 1.03 bits per heavy atom. The first kappa shape index (κ1) is 21.2. The lowest BCUT2D eigenvalue weighted by atomic mass is 10.1. The molecule has 0 atom stereocenters. The minimum absolute atomic E-state index is 0.0318. The first-order valence-corrected chi connectivity index (χ1v) is 9.81. The lowest BCUT2D eigenvalue weighted by Gasteiger charge is -2.17. The van der Waals surface area contributed by atoms with Gasteiger partial charge in [0.1, 0.15) is 0 Å². The maximum atomic E-state index is 12.7. The molecule has 30 heavy (non-hydrogen) atoms. The Morgan fingerprint density at radius 3 is 2.33 bits per heavy atom. The van der Waals surface area contributed by atoms with Crippen LogP contribution in [0.5, 0.6) is 0 Å². The van der Waals surface area contributed by atoms with E-state index in [9.17, 15) is 14.4 Å². The van der Waals surface area contributed by atoms with Crippen molar-refractivity contribution < 1.29 is 14.3 Å². The van der Waals surface area contributed by atoms with Crippen LogP contribution in [0.25, 0.3) is 10.8 Å². The molecule has 0 spiro atoms. The first-order valence-electron chi connectivity index (χ1n) is 9.81. The van der Waals surface area contributed by atoms with Crippen molar-refractivity contribution in [3.63, 3.8) is 0 Å². The van der Waals surface area contributed by atoms with Crippen LogP contribution in [-0.2, 0) is 22.6 Å². The van der Waals surface area contributed by atoms with E-state index in [4.69, 9.17) is 4.74 Å². The quantitative estimate of drug-likeness (QED) is 0.563. The summed E-state index contributed by atoms with van der Waals surface area (Å²) < 4.78 is 6.53. The molecule has 3 rings (SSSR count). The van der Waals surface area contributed by atoms with Crippen molar-refractivity contribution in [2.24, 2.45) is 5.92 Å². The van der Waals surface area contributed by atoms with Crippen LogP contribution < -0.4 is 5.56 Å². The molecule has 1 heterocycles. The molecule has 1 amide bonds. The van der Waals surface area contributed by atoms with Gasteiger partial charge in [-0.2, -0.15) is 5.10 Å². The third kappa shape index (κ3) is 4.92. The predicted molar refractivity (Wildman–Crippen MR) is 114 cm³/mol. The summed E-state index contributed by atoms with van der Waals surface area (Å²) in [5.74, 6) is -0.884. The molecule has 0 saturated carbocycles. The van der Waals surface area contributed by atoms with Crippen LogP contribution >= 0.6 is 0 Å². The Balaban J connectivity index is 1.77. The Hall–Kier alpha value is -3.48. The number of carbonyl (C=O) groups is 2. The average Bonchev–Trinajstić information content (AvgIpc) is 2.74. The Morgan fingerprint density at radius 2 is 1.67 bits per heavy atom. The second kappa shape index (κ2) is 9.35. The highest BCUT2D eigenvalue weighted by Gasteiger charge is 2.20. The predicted octanol–water partition coefficient (Wildman–Crippen LogP) is 2.87. The summed E-state index contributed by atoms with van der Waals surface area (Å²) in [5, 5.41) is 5.05. The number of esters is 1. The lowest BCUT2D eigenvalue weighted by molar-refractivity contribution is -0.133. The number of amides is 1. The van der Waals surface area contributed by atoms with E-state index >= 15 is 0 Å². The van der Waals surface area contributed by atoms with Gasteiger partial charge >= 0.3 is 5.97 Å². The summed E-state index contributed by atoms with van der Waals surface area (Å²) in [6.45, 7) is 4.31. The van der Waals surface area contributed by atoms with Crippen LogP contribution in [0.1, 0.15) is 29.9 Å². The fourth-order valence-corrected chi connectivity index (χ4v) is 3.11. The van der Waals surface area contributed by atoms with Gasteiger partial charge in [-0.25, -0.2) is 9.48 Å². The number of hydrogen-bond acceptors (Lipinski definition) is 5. The highest BCUT2D eigenvalue weighted by molar-refractivity contribution is 6.02. The van der Waals surface area contributed by atoms with Crippen LogP contribution in [0.15, 0.2) is 59.4 Å². The van der Waals surface area contributed by atoms with E-state index < -0.39 is 12.6 Å². The largest absolute Gasteiger partial charge is 0.451 e. The lowest BCUT2D eigenvalue weighted by Crippen LogP contribution is -2.32. The molecule has 0 aliphatic rings. The fourth-order valence-electron chi connectivity index (χ4n) is 3.11. The van der Waals surface area contributed by atoms with Crippen molar-refractivity contribution >= 4 is 22.6 Å². The molecule has 0 bridgehead atoms. The molecular formula is C23H25N3O4. The van der Waals surface area contributed by atoms with E-state index in [0.29, 0.717) is 23.9 Å². The maximum absolute atomic E-state index is 12.7. The molecule has 0 saturated heterocycles. The first-order chi connectivity index (χ1) is 14.4. The minimum Gasteiger partial charge on any atom is -0.451 e. The van der Waals surface area contributed by atoms with Gasteiger partial charge < -0.3 is 9.64 Å². The van der Waals surface area contributed by atoms with E-state index in [-0.39, 0.29) is 23.1 Å². The van der Waals surface area contributed by atoms with Crippen LogP contribution in [0.4, 0.5) is 0 Å². The van der Waals surface area contributed by atoms with E-state index in [1.54, 1.807) is 31.3 Å². The molecule has 3 aromatic rings. The van der Waals surface area contributed by atoms with Crippen LogP contribution in [0.3, 0.4) is 0 Å². The molecule has 2 aromatic carbocycles. The number of hydrogen-bond donors (Lipinski definition) is 0. The topological polar surface area (TPSA) is 81.5 Å². The van der Waals surface area contributed by atoms with Gasteiger partial charge in [0.25, 0.3) is 11.5 Å². The molecule has 0 radical (unpaired) electrons. The van der Waals surface area contributed by atoms with Crippen molar-refractivity contribution in [3.8, 4) is 0 Å². The SMILES string of the molecule is CC(C)Cn1nc(C(=O)OCC(=O)N(C)Cc2ccccc2)c2ccccc2c1=O. The van der Waals surface area contributed by atoms with Crippen molar-refractivity contribution in [2.45, 2.75) is 26.9 Å². The molecule has 7 nitrogen and oxygen atoms in total. The highest BCUT2D eigenvalue weighted by atomic mass is 16.5. The van der Waals surface area contributed by atoms with Gasteiger partial charge in [0, 0.05) is 25.5 Å². The summed E-state index contributed by atoms with van der Waals surface area (Å²) in [4.78, 5) is 39.3. The summed E-state index contributed by atoms with van der Waals surface area (Å²) in [7, 11) is 1.65. The Bertz CT molecular complexity index is 1110. The summed E-state index contributed by atoms with van der Waals surface area (Å²) in [5.41, 5.74) is 0.756. The normalized spacial score (nSPS) is 10.9. The summed E-state index contributed by atoms with van der Waals surface area (Å²) in [6.07, 6.45) is 0. The average molecular weight is 407 g/mol. The molecule has 0 unspecified atom stereocenters. The molecule has 0 N–H and O–H groups in total. The second-order valence-electron chi connectivity index (χ2n) is 7.59. The summed E-state index contributed by atoms with van der Waals surface area (Å²) in [6, 6.07) is 16.3. The van der Waals surface area contributed by atoms with Gasteiger partial charge in [-0.3, -0.25) is 9.59 Å². The third-order valence-electron chi connectivity index (χ3n) is 4.61. The third-order valence-corrected chi connectivity index (χ3v) is 4.61. The maximum Gasteiger partial charge on any atom is 0.359 e. The van der Waals surface area contributed by atoms with Gasteiger partial charge in [0.2, 0.25) is 0 Å². The van der Waals surface area contributed by atoms with Gasteiger partial charge in [-0.15, -0.1) is 0 Å². The number of carbonyl (C=O) groups excluding carboxylic acids is 2. The number of fused-ring (bicyclic) bond motifs is 1. The monoisotopic (exact) mass is 407 g/mol. The molecule has 0 aliphatic carbocycles. The van der Waals surface area contributed by atoms with Gasteiger partial charge in [-0.1, -0.05) is 62.4 Å². The molecule has 0 aliphatic heterocycles. The standard InChI is InChI=1S/C23H25N3O4/c1-16(2)13-26-22(28)19-12-8-7-11-18(19)21(24-26)23(29)30-15-20(27)25(3)14-17-9-5-4-6-10-17/h4-12,16H,13-15H2,1-3H3. The van der Waals surface area contributed by atoms with Crippen LogP contribution in [0, 0.1) is 5.92 Å². The van der Waals surface area contributed by atoms with Crippen molar-refractivity contribution in [3.05, 3.63) is 76.2 Å². The molecular weight excluding hydrogens is 382 g/mol. The smallest absolute Gasteiger partial charge is 0.359 e. The number of benzene rings is 2. The van der Waals surface area contributed by atoms with Crippen molar-refractivity contribution in [1.29, 1.82) is 0 Å². The van der Waals surface area contributed by atoms with Crippen molar-refractivity contribution in [1.82, 2.24) is 14.7 Å². The van der Waals surface area contributed by atoms with Crippen LogP contribution in [0.2, 0.25) is 0 Å². The highest BCUT2D eigenvalue weighted by Crippen LogP contribution is 2.15. The Labute approximate surface area is 174 Å². The molecule has 7 heteroatoms. The number of aromatic nitrogens is 2. The van der Waals surface area contributed by atoms with E-state index in [2.05, 4.69) is 5.10 Å². The van der Waals surface area contributed by atoms with Gasteiger partial charge in [-0.05, 0) is 17.5 Å². The van der Waals surface area contributed by atoms with Gasteiger partial charge in [0.15, 0.2) is 12.3 Å². The van der Waals surface area contributed by atoms with E-state index in [1.807, 2.05) is 44.2 Å². The number of rotatable bonds is 7. The molecule has 156 valence electrons. The van der Waals surface area contributed by atoms with Gasteiger partial charge in [0.05, 0.1) is 5.39 Å². The minimum atomic E-state index is -0.731. The van der Waals surface area contributed by atoms with E-state index in [0.717, 1.165) is 5.56 Å². The van der Waals surface area contributed by atoms with Crippen LogP contribution in [-0.4, -0.2) is 40.2 Å². The Kier molecular flexibility index (Phi) is 6.61. The van der Waals surface area contributed by atoms with E-state index in [1.165, 1.54) is 9.58 Å². The zero-order valence-corrected chi connectivity index (χ0v) is 17.4. The zero-order valence-electron chi connectivity index (χ0n) is 17.4. The number of likely N-dealkylation sites (N-methyl/N-ethyl adjacent to an activating group) is 1. The summed E-state index contributed by atoms with van der Waals surface area (Å²) >= 11 is 0. The molecule has 0 fully saturated rings. The number of ether oxygens (including phenoxy) is 1. The number of nitrogens with zero attached hydrogens (tertiary/aromatic N) is 3.